The van der Waals surface area contributed by atoms with Crippen molar-refractivity contribution in [3.05, 3.63) is 66.9 Å². The quantitative estimate of drug-likeness (QED) is 0.588. The molecule has 1 aromatic heterocycles. The lowest BCUT2D eigenvalue weighted by atomic mass is 10.0. The van der Waals surface area contributed by atoms with Crippen LogP contribution in [-0.2, 0) is 14.6 Å². The third-order valence-electron chi connectivity index (χ3n) is 4.87. The maximum absolute atomic E-state index is 12.6. The highest BCUT2D eigenvalue weighted by atomic mass is 32.2. The van der Waals surface area contributed by atoms with Crippen LogP contribution in [0.15, 0.2) is 76.2 Å². The van der Waals surface area contributed by atoms with E-state index < -0.39 is 9.84 Å². The van der Waals surface area contributed by atoms with Crippen molar-refractivity contribution >= 4 is 9.84 Å². The molecule has 0 unspecified atom stereocenters. The largest absolute Gasteiger partial charge is 0.464 e. The lowest BCUT2D eigenvalue weighted by Crippen LogP contribution is -2.23. The molecule has 0 atom stereocenters. The Morgan fingerprint density at radius 3 is 2.14 bits per heavy atom. The molecule has 0 saturated carbocycles. The lowest BCUT2D eigenvalue weighted by molar-refractivity contribution is 0.0723. The fourth-order valence-corrected chi connectivity index (χ4v) is 5.00. The van der Waals surface area contributed by atoms with E-state index in [9.17, 15) is 8.42 Å². The van der Waals surface area contributed by atoms with E-state index >= 15 is 0 Å². The number of hydrogen-bond donors (Lipinski definition) is 0. The van der Waals surface area contributed by atoms with Crippen LogP contribution in [0, 0.1) is 5.92 Å². The minimum absolute atomic E-state index is 0.169. The Labute approximate surface area is 164 Å². The molecule has 0 amide bonds. The first-order chi connectivity index (χ1) is 13.6. The van der Waals surface area contributed by atoms with Crippen LogP contribution in [0.3, 0.4) is 0 Å². The van der Waals surface area contributed by atoms with Crippen LogP contribution in [0.25, 0.3) is 11.3 Å². The standard InChI is InChI=1S/C22H22O5S/c23-28(24,16-17-11-14-25-15-12-17)21-9-7-20(8-10-21)27-19-5-3-18(4-6-19)22-2-1-13-26-22/h1-10,13,17H,11-12,14-16H2. The minimum atomic E-state index is -3.30. The normalized spacial score (nSPS) is 15.4. The maximum atomic E-state index is 12.6. The van der Waals surface area contributed by atoms with E-state index in [1.54, 1.807) is 30.5 Å². The summed E-state index contributed by atoms with van der Waals surface area (Å²) < 4.78 is 41.8. The average Bonchev–Trinajstić information content (AvgIpc) is 3.24. The molecule has 0 bridgehead atoms. The van der Waals surface area contributed by atoms with E-state index in [4.69, 9.17) is 13.9 Å². The van der Waals surface area contributed by atoms with Gasteiger partial charge in [-0.1, -0.05) is 0 Å². The van der Waals surface area contributed by atoms with E-state index in [0.717, 1.165) is 24.2 Å². The van der Waals surface area contributed by atoms with Crippen LogP contribution in [0.2, 0.25) is 0 Å². The summed E-state index contributed by atoms with van der Waals surface area (Å²) >= 11 is 0. The molecule has 4 rings (SSSR count). The van der Waals surface area contributed by atoms with E-state index in [-0.39, 0.29) is 11.7 Å². The van der Waals surface area contributed by atoms with Crippen LogP contribution in [0.4, 0.5) is 0 Å². The first kappa shape index (κ1) is 18.8. The highest BCUT2D eigenvalue weighted by Gasteiger charge is 2.23. The molecular formula is C22H22O5S. The van der Waals surface area contributed by atoms with Crippen molar-refractivity contribution in [2.45, 2.75) is 17.7 Å². The Balaban J connectivity index is 1.41. The van der Waals surface area contributed by atoms with Gasteiger partial charge in [0.2, 0.25) is 0 Å². The smallest absolute Gasteiger partial charge is 0.178 e. The number of hydrogen-bond acceptors (Lipinski definition) is 5. The summed E-state index contributed by atoms with van der Waals surface area (Å²) in [6, 6.07) is 17.9. The number of rotatable bonds is 6. The maximum Gasteiger partial charge on any atom is 0.178 e. The third-order valence-corrected chi connectivity index (χ3v) is 6.78. The van der Waals surface area contributed by atoms with Gasteiger partial charge < -0.3 is 13.9 Å². The molecule has 1 aliphatic heterocycles. The van der Waals surface area contributed by atoms with E-state index in [1.807, 2.05) is 36.4 Å². The first-order valence-electron chi connectivity index (χ1n) is 9.32. The summed E-state index contributed by atoms with van der Waals surface area (Å²) in [7, 11) is -3.30. The monoisotopic (exact) mass is 398 g/mol. The van der Waals surface area contributed by atoms with Gasteiger partial charge in [-0.3, -0.25) is 0 Å². The second kappa shape index (κ2) is 8.20. The van der Waals surface area contributed by atoms with Crippen LogP contribution >= 0.6 is 0 Å². The van der Waals surface area contributed by atoms with Gasteiger partial charge in [-0.2, -0.15) is 0 Å². The van der Waals surface area contributed by atoms with Gasteiger partial charge >= 0.3 is 0 Å². The van der Waals surface area contributed by atoms with E-state index in [1.165, 1.54) is 0 Å². The van der Waals surface area contributed by atoms with Crippen molar-refractivity contribution < 1.29 is 22.3 Å². The number of ether oxygens (including phenoxy) is 2. The van der Waals surface area contributed by atoms with Crippen LogP contribution in [-0.4, -0.2) is 27.4 Å². The zero-order valence-electron chi connectivity index (χ0n) is 15.4. The van der Waals surface area contributed by atoms with Gasteiger partial charge in [0.15, 0.2) is 9.84 Å². The molecule has 0 radical (unpaired) electrons. The molecule has 28 heavy (non-hydrogen) atoms. The first-order valence-corrected chi connectivity index (χ1v) is 11.0. The summed E-state index contributed by atoms with van der Waals surface area (Å²) in [5.41, 5.74) is 0.965. The van der Waals surface area contributed by atoms with Gasteiger partial charge in [-0.15, -0.1) is 0 Å². The second-order valence-electron chi connectivity index (χ2n) is 6.91. The van der Waals surface area contributed by atoms with Gasteiger partial charge in [0.05, 0.1) is 16.9 Å². The SMILES string of the molecule is O=S(=O)(CC1CCOCC1)c1ccc(Oc2ccc(-c3ccco3)cc2)cc1. The van der Waals surface area contributed by atoms with Crippen molar-refractivity contribution in [3.8, 4) is 22.8 Å². The molecule has 6 heteroatoms. The van der Waals surface area contributed by atoms with Crippen molar-refractivity contribution in [2.75, 3.05) is 19.0 Å². The van der Waals surface area contributed by atoms with Gasteiger partial charge in [0.25, 0.3) is 0 Å². The van der Waals surface area contributed by atoms with Crippen LogP contribution in [0.1, 0.15) is 12.8 Å². The summed E-state index contributed by atoms with van der Waals surface area (Å²) in [5, 5.41) is 0. The van der Waals surface area contributed by atoms with Gasteiger partial charge in [0, 0.05) is 18.8 Å². The Morgan fingerprint density at radius 2 is 1.54 bits per heavy atom. The molecule has 0 aliphatic carbocycles. The van der Waals surface area contributed by atoms with Gasteiger partial charge in [0.1, 0.15) is 17.3 Å². The van der Waals surface area contributed by atoms with Crippen molar-refractivity contribution in [1.82, 2.24) is 0 Å². The molecule has 2 heterocycles. The average molecular weight is 398 g/mol. The zero-order chi connectivity index (χ0) is 19.4. The van der Waals surface area contributed by atoms with Gasteiger partial charge in [-0.25, -0.2) is 8.42 Å². The molecule has 1 fully saturated rings. The number of benzene rings is 2. The molecule has 0 spiro atoms. The Hall–Kier alpha value is -2.57. The molecule has 1 aliphatic rings. The molecule has 0 N–H and O–H groups in total. The predicted molar refractivity (Wildman–Crippen MR) is 106 cm³/mol. The third kappa shape index (κ3) is 4.46. The van der Waals surface area contributed by atoms with Crippen LogP contribution < -0.4 is 4.74 Å². The zero-order valence-corrected chi connectivity index (χ0v) is 16.2. The molecule has 2 aromatic carbocycles. The van der Waals surface area contributed by atoms with Gasteiger partial charge in [-0.05, 0) is 79.4 Å². The Bertz CT molecular complexity index is 984. The summed E-state index contributed by atoms with van der Waals surface area (Å²) in [6.45, 7) is 1.29. The topological polar surface area (TPSA) is 65.7 Å². The highest BCUT2D eigenvalue weighted by molar-refractivity contribution is 7.91. The fourth-order valence-electron chi connectivity index (χ4n) is 3.30. The molecule has 3 aromatic rings. The molecule has 146 valence electrons. The molecule has 1 saturated heterocycles. The highest BCUT2D eigenvalue weighted by Crippen LogP contribution is 2.28. The molecular weight excluding hydrogens is 376 g/mol. The summed E-state index contributed by atoms with van der Waals surface area (Å²) in [4.78, 5) is 0.333. The van der Waals surface area contributed by atoms with Crippen LogP contribution in [0.5, 0.6) is 11.5 Å². The van der Waals surface area contributed by atoms with E-state index in [2.05, 4.69) is 0 Å². The molecule has 5 nitrogen and oxygen atoms in total. The summed E-state index contributed by atoms with van der Waals surface area (Å²) in [6.07, 6.45) is 3.24. The number of furan rings is 1. The lowest BCUT2D eigenvalue weighted by Gasteiger charge is -2.21. The van der Waals surface area contributed by atoms with Crippen molar-refractivity contribution in [1.29, 1.82) is 0 Å². The summed E-state index contributed by atoms with van der Waals surface area (Å²) in [5.74, 6) is 2.40. The number of sulfone groups is 1. The van der Waals surface area contributed by atoms with Crippen molar-refractivity contribution in [2.24, 2.45) is 5.92 Å². The van der Waals surface area contributed by atoms with E-state index in [0.29, 0.717) is 29.6 Å². The Morgan fingerprint density at radius 1 is 0.893 bits per heavy atom. The predicted octanol–water partition coefficient (Wildman–Crippen LogP) is 4.94. The van der Waals surface area contributed by atoms with Crippen molar-refractivity contribution in [3.63, 3.8) is 0 Å². The minimum Gasteiger partial charge on any atom is -0.464 e. The second-order valence-corrected chi connectivity index (χ2v) is 8.95. The fraction of sp³-hybridized carbons (Fsp3) is 0.273. The Kier molecular flexibility index (Phi) is 5.50.